The van der Waals surface area contributed by atoms with Gasteiger partial charge in [-0.2, -0.15) is 0 Å². The molecule has 0 aliphatic heterocycles. The molecule has 1 N–H and O–H groups in total. The number of benzene rings is 1. The summed E-state index contributed by atoms with van der Waals surface area (Å²) in [5, 5.41) is 3.26. The molecule has 116 valence electrons. The second-order valence-electron chi connectivity index (χ2n) is 7.32. The lowest BCUT2D eigenvalue weighted by atomic mass is 9.66. The van der Waals surface area contributed by atoms with Crippen molar-refractivity contribution in [1.82, 2.24) is 5.32 Å². The van der Waals surface area contributed by atoms with Crippen LogP contribution in [0.5, 0.6) is 0 Å². The van der Waals surface area contributed by atoms with E-state index in [1.165, 1.54) is 12.0 Å². The van der Waals surface area contributed by atoms with Crippen molar-refractivity contribution in [3.8, 4) is 0 Å². The highest BCUT2D eigenvalue weighted by Crippen LogP contribution is 2.44. The van der Waals surface area contributed by atoms with Crippen LogP contribution in [0, 0.1) is 5.41 Å². The quantitative estimate of drug-likeness (QED) is 0.823. The Morgan fingerprint density at radius 1 is 1.29 bits per heavy atom. The van der Waals surface area contributed by atoms with Gasteiger partial charge in [-0.15, -0.1) is 0 Å². The highest BCUT2D eigenvalue weighted by Gasteiger charge is 2.42. The summed E-state index contributed by atoms with van der Waals surface area (Å²) in [5.41, 5.74) is 1.35. The molecule has 0 saturated heterocycles. The van der Waals surface area contributed by atoms with Gasteiger partial charge in [-0.3, -0.25) is 4.79 Å². The Morgan fingerprint density at radius 2 is 1.90 bits per heavy atom. The monoisotopic (exact) mass is 287 g/mol. The first kappa shape index (κ1) is 16.1. The molecule has 0 aromatic heterocycles. The molecule has 1 fully saturated rings. The third-order valence-electron chi connectivity index (χ3n) is 5.22. The smallest absolute Gasteiger partial charge is 0.226 e. The average Bonchev–Trinajstić information content (AvgIpc) is 2.38. The second kappa shape index (κ2) is 6.21. The molecule has 2 rings (SSSR count). The van der Waals surface area contributed by atoms with Gasteiger partial charge in [0.15, 0.2) is 0 Å². The minimum absolute atomic E-state index is 0.0643. The minimum atomic E-state index is -0.0643. The van der Waals surface area contributed by atoms with Crippen LogP contribution in [0.15, 0.2) is 30.3 Å². The van der Waals surface area contributed by atoms with Crippen LogP contribution in [0.25, 0.3) is 0 Å². The predicted octanol–water partition coefficient (Wildman–Crippen LogP) is 4.44. The van der Waals surface area contributed by atoms with Crippen molar-refractivity contribution in [3.63, 3.8) is 0 Å². The lowest BCUT2D eigenvalue weighted by molar-refractivity contribution is -0.137. The molecule has 1 atom stereocenters. The van der Waals surface area contributed by atoms with Crippen LogP contribution >= 0.6 is 0 Å². The predicted molar refractivity (Wildman–Crippen MR) is 88.3 cm³/mol. The summed E-state index contributed by atoms with van der Waals surface area (Å²) >= 11 is 0. The molecule has 1 aliphatic carbocycles. The molecule has 1 aliphatic rings. The molecule has 0 spiro atoms. The Morgan fingerprint density at radius 3 is 2.38 bits per heavy atom. The Labute approximate surface area is 129 Å². The molecule has 0 unspecified atom stereocenters. The summed E-state index contributed by atoms with van der Waals surface area (Å²) < 4.78 is 0. The number of hydrogen-bond donors (Lipinski definition) is 1. The van der Waals surface area contributed by atoms with Crippen molar-refractivity contribution in [3.05, 3.63) is 35.9 Å². The maximum Gasteiger partial charge on any atom is 0.226 e. The van der Waals surface area contributed by atoms with Crippen LogP contribution in [0.2, 0.25) is 0 Å². The molecular weight excluding hydrogens is 258 g/mol. The van der Waals surface area contributed by atoms with E-state index in [0.717, 1.165) is 25.7 Å². The summed E-state index contributed by atoms with van der Waals surface area (Å²) in [4.78, 5) is 12.5. The van der Waals surface area contributed by atoms with E-state index in [1.807, 2.05) is 6.07 Å². The van der Waals surface area contributed by atoms with E-state index in [0.29, 0.717) is 0 Å². The lowest BCUT2D eigenvalue weighted by Gasteiger charge is -2.41. The Kier molecular flexibility index (Phi) is 4.75. The largest absolute Gasteiger partial charge is 0.353 e. The molecule has 1 saturated carbocycles. The third-order valence-corrected chi connectivity index (χ3v) is 5.22. The second-order valence-corrected chi connectivity index (χ2v) is 7.32. The van der Waals surface area contributed by atoms with Gasteiger partial charge in [0.2, 0.25) is 5.91 Å². The van der Waals surface area contributed by atoms with E-state index in [-0.39, 0.29) is 22.8 Å². The van der Waals surface area contributed by atoms with E-state index in [1.54, 1.807) is 0 Å². The molecule has 1 amide bonds. The van der Waals surface area contributed by atoms with Gasteiger partial charge < -0.3 is 5.32 Å². The minimum Gasteiger partial charge on any atom is -0.353 e. The normalized spacial score (nSPS) is 18.7. The van der Waals surface area contributed by atoms with Crippen LogP contribution in [0.3, 0.4) is 0 Å². The first-order chi connectivity index (χ1) is 9.89. The molecule has 1 aromatic carbocycles. The standard InChI is InChI=1S/C19H29NO/c1-5-19(12-9-13-19)17(21)20-15(2)14-18(3,4)16-10-7-6-8-11-16/h6-8,10-11,15H,5,9,12-14H2,1-4H3,(H,20,21)/t15-/m1/s1. The van der Waals surface area contributed by atoms with E-state index in [9.17, 15) is 4.79 Å². The zero-order valence-corrected chi connectivity index (χ0v) is 13.9. The van der Waals surface area contributed by atoms with Gasteiger partial charge in [0, 0.05) is 11.5 Å². The van der Waals surface area contributed by atoms with Gasteiger partial charge in [0.05, 0.1) is 0 Å². The first-order valence-corrected chi connectivity index (χ1v) is 8.26. The van der Waals surface area contributed by atoms with E-state index < -0.39 is 0 Å². The van der Waals surface area contributed by atoms with E-state index in [2.05, 4.69) is 57.3 Å². The van der Waals surface area contributed by atoms with Crippen molar-refractivity contribution >= 4 is 5.91 Å². The van der Waals surface area contributed by atoms with Gasteiger partial charge in [0.1, 0.15) is 0 Å². The fourth-order valence-corrected chi connectivity index (χ4v) is 3.55. The van der Waals surface area contributed by atoms with E-state index >= 15 is 0 Å². The van der Waals surface area contributed by atoms with Gasteiger partial charge in [-0.05, 0) is 43.6 Å². The van der Waals surface area contributed by atoms with Gasteiger partial charge >= 0.3 is 0 Å². The molecule has 0 bridgehead atoms. The number of rotatable bonds is 6. The third kappa shape index (κ3) is 3.48. The lowest BCUT2D eigenvalue weighted by Crippen LogP contribution is -2.49. The number of nitrogens with one attached hydrogen (secondary N) is 1. The molecular formula is C19H29NO. The molecule has 1 aromatic rings. The Bertz CT molecular complexity index is 468. The van der Waals surface area contributed by atoms with Crippen LogP contribution in [0.4, 0.5) is 0 Å². The SMILES string of the molecule is CCC1(C(=O)N[C@H](C)CC(C)(C)c2ccccc2)CCC1. The van der Waals surface area contributed by atoms with Crippen LogP contribution in [0.1, 0.15) is 65.4 Å². The number of amides is 1. The molecule has 0 heterocycles. The van der Waals surface area contributed by atoms with Crippen LogP contribution < -0.4 is 5.32 Å². The Hall–Kier alpha value is -1.31. The highest BCUT2D eigenvalue weighted by atomic mass is 16.2. The fourth-order valence-electron chi connectivity index (χ4n) is 3.55. The topological polar surface area (TPSA) is 29.1 Å². The van der Waals surface area contributed by atoms with Crippen molar-refractivity contribution in [2.75, 3.05) is 0 Å². The number of carbonyl (C=O) groups excluding carboxylic acids is 1. The summed E-state index contributed by atoms with van der Waals surface area (Å²) in [7, 11) is 0. The average molecular weight is 287 g/mol. The molecule has 2 heteroatoms. The zero-order valence-electron chi connectivity index (χ0n) is 13.9. The van der Waals surface area contributed by atoms with Crippen LogP contribution in [-0.2, 0) is 10.2 Å². The highest BCUT2D eigenvalue weighted by molar-refractivity contribution is 5.83. The van der Waals surface area contributed by atoms with Gasteiger partial charge in [0.25, 0.3) is 0 Å². The van der Waals surface area contributed by atoms with Crippen molar-refractivity contribution in [2.45, 2.75) is 71.3 Å². The zero-order chi connectivity index (χ0) is 15.5. The molecule has 0 radical (unpaired) electrons. The fraction of sp³-hybridized carbons (Fsp3) is 0.632. The maximum atomic E-state index is 12.5. The van der Waals surface area contributed by atoms with Crippen molar-refractivity contribution in [1.29, 1.82) is 0 Å². The summed E-state index contributed by atoms with van der Waals surface area (Å²) in [5.74, 6) is 0.271. The van der Waals surface area contributed by atoms with E-state index in [4.69, 9.17) is 0 Å². The summed E-state index contributed by atoms with van der Waals surface area (Å²) in [6.45, 7) is 8.77. The maximum absolute atomic E-state index is 12.5. The summed E-state index contributed by atoms with van der Waals surface area (Å²) in [6.07, 6.45) is 5.25. The number of hydrogen-bond acceptors (Lipinski definition) is 1. The molecule has 21 heavy (non-hydrogen) atoms. The van der Waals surface area contributed by atoms with Crippen LogP contribution in [-0.4, -0.2) is 11.9 Å². The van der Waals surface area contributed by atoms with Crippen molar-refractivity contribution < 1.29 is 4.79 Å². The van der Waals surface area contributed by atoms with Gasteiger partial charge in [-0.1, -0.05) is 57.5 Å². The number of carbonyl (C=O) groups is 1. The molecule has 2 nitrogen and oxygen atoms in total. The van der Waals surface area contributed by atoms with Gasteiger partial charge in [-0.25, -0.2) is 0 Å². The summed E-state index contributed by atoms with van der Waals surface area (Å²) in [6, 6.07) is 10.8. The first-order valence-electron chi connectivity index (χ1n) is 8.26. The Balaban J connectivity index is 1.95. The van der Waals surface area contributed by atoms with Crippen molar-refractivity contribution in [2.24, 2.45) is 5.41 Å².